The van der Waals surface area contributed by atoms with Crippen molar-refractivity contribution in [1.82, 2.24) is 4.90 Å². The summed E-state index contributed by atoms with van der Waals surface area (Å²) in [5, 5.41) is 0.393. The van der Waals surface area contributed by atoms with Gasteiger partial charge in [0.1, 0.15) is 12.2 Å². The van der Waals surface area contributed by atoms with Crippen LogP contribution < -0.4 is 0 Å². The number of benzene rings is 3. The first kappa shape index (κ1) is 31.5. The average molecular weight is 626 g/mol. The molecule has 0 radical (unpaired) electrons. The van der Waals surface area contributed by atoms with E-state index >= 15 is 0 Å². The number of carbonyl (C=O) groups is 1. The number of ether oxygens (including phenoxy) is 2. The fourth-order valence-electron chi connectivity index (χ4n) is 4.74. The minimum absolute atomic E-state index is 0.0314. The summed E-state index contributed by atoms with van der Waals surface area (Å²) < 4.78 is 132. The second-order valence-electron chi connectivity index (χ2n) is 9.59. The van der Waals surface area contributed by atoms with Gasteiger partial charge in [0, 0.05) is 18.7 Å². The van der Waals surface area contributed by atoms with E-state index in [2.05, 4.69) is 0 Å². The topological polar surface area (TPSA) is 38.8 Å². The van der Waals surface area contributed by atoms with Gasteiger partial charge in [-0.3, -0.25) is 4.90 Å². The highest BCUT2D eigenvalue weighted by Crippen LogP contribution is 2.42. The highest BCUT2D eigenvalue weighted by Gasteiger charge is 2.44. The molecule has 0 bridgehead atoms. The minimum atomic E-state index is -5.13. The molecule has 1 unspecified atom stereocenters. The lowest BCUT2D eigenvalue weighted by Gasteiger charge is -2.26. The van der Waals surface area contributed by atoms with Crippen LogP contribution in [-0.4, -0.2) is 24.1 Å². The van der Waals surface area contributed by atoms with Gasteiger partial charge in [-0.15, -0.1) is 0 Å². The Morgan fingerprint density at radius 3 is 1.88 bits per heavy atom. The van der Waals surface area contributed by atoms with Gasteiger partial charge in [-0.05, 0) is 71.6 Å². The van der Waals surface area contributed by atoms with Crippen molar-refractivity contribution in [3.8, 4) is 0 Å². The van der Waals surface area contributed by atoms with E-state index in [1.807, 2.05) is 0 Å². The normalized spacial score (nSPS) is 18.8. The summed E-state index contributed by atoms with van der Waals surface area (Å²) in [5.74, 6) is 0. The van der Waals surface area contributed by atoms with Crippen molar-refractivity contribution in [3.05, 3.63) is 105 Å². The van der Waals surface area contributed by atoms with E-state index in [-0.39, 0.29) is 17.2 Å². The molecule has 1 heterocycles. The Morgan fingerprint density at radius 1 is 0.833 bits per heavy atom. The molecule has 3 aromatic rings. The Morgan fingerprint density at radius 2 is 1.38 bits per heavy atom. The Bertz CT molecular complexity index is 1420. The van der Waals surface area contributed by atoms with Crippen LogP contribution in [0.2, 0.25) is 5.02 Å². The van der Waals surface area contributed by atoms with Gasteiger partial charge < -0.3 is 9.47 Å². The van der Waals surface area contributed by atoms with Crippen LogP contribution in [0.3, 0.4) is 0 Å². The number of carbonyl (C=O) groups excluding carboxylic acids is 1. The van der Waals surface area contributed by atoms with E-state index < -0.39 is 71.7 Å². The number of cyclic esters (lactones) is 1. The molecule has 0 N–H and O–H groups in total. The van der Waals surface area contributed by atoms with E-state index in [1.54, 1.807) is 24.3 Å². The maximum atomic E-state index is 13.6. The third-order valence-corrected chi connectivity index (χ3v) is 7.08. The summed E-state index contributed by atoms with van der Waals surface area (Å²) in [6, 6.07) is 8.75. The first-order valence-corrected chi connectivity index (χ1v) is 12.5. The average Bonchev–Trinajstić information content (AvgIpc) is 3.17. The van der Waals surface area contributed by atoms with Crippen molar-refractivity contribution in [2.24, 2.45) is 0 Å². The first-order chi connectivity index (χ1) is 19.4. The highest BCUT2D eigenvalue weighted by molar-refractivity contribution is 6.30. The number of nitrogens with zero attached hydrogens (tertiary/aromatic N) is 1. The van der Waals surface area contributed by atoms with Crippen LogP contribution in [0.4, 0.5) is 44.3 Å². The van der Waals surface area contributed by atoms with Crippen LogP contribution in [-0.2, 0) is 34.5 Å². The molecule has 3 aromatic carbocycles. The van der Waals surface area contributed by atoms with Crippen LogP contribution in [0.1, 0.15) is 58.1 Å². The summed E-state index contributed by atoms with van der Waals surface area (Å²) in [6.07, 6.45) is -18.7. The molecule has 226 valence electrons. The van der Waals surface area contributed by atoms with Crippen LogP contribution >= 0.6 is 11.6 Å². The van der Waals surface area contributed by atoms with Gasteiger partial charge in [-0.25, -0.2) is 4.79 Å². The fraction of sp³-hybridized carbons (Fsp3) is 0.321. The number of hydrogen-bond acceptors (Lipinski definition) is 3. The predicted molar refractivity (Wildman–Crippen MR) is 132 cm³/mol. The summed E-state index contributed by atoms with van der Waals surface area (Å²) >= 11 is 5.94. The molecule has 1 aliphatic rings. The van der Waals surface area contributed by atoms with Gasteiger partial charge >= 0.3 is 24.6 Å². The van der Waals surface area contributed by atoms with E-state index in [0.29, 0.717) is 22.7 Å². The summed E-state index contributed by atoms with van der Waals surface area (Å²) in [7, 11) is 1.31. The van der Waals surface area contributed by atoms with Gasteiger partial charge in [-0.2, -0.15) is 39.5 Å². The van der Waals surface area contributed by atoms with Crippen LogP contribution in [0.15, 0.2) is 60.7 Å². The van der Waals surface area contributed by atoms with Crippen molar-refractivity contribution in [1.29, 1.82) is 0 Å². The maximum absolute atomic E-state index is 13.6. The van der Waals surface area contributed by atoms with Gasteiger partial charge in [-0.1, -0.05) is 29.8 Å². The second kappa shape index (κ2) is 11.3. The fourth-order valence-corrected chi connectivity index (χ4v) is 4.87. The molecule has 0 aliphatic carbocycles. The molecule has 0 spiro atoms. The smallest absolute Gasteiger partial charge is 0.416 e. The largest absolute Gasteiger partial charge is 0.439 e. The zero-order chi connectivity index (χ0) is 31.2. The van der Waals surface area contributed by atoms with Crippen molar-refractivity contribution < 1.29 is 53.8 Å². The molecule has 1 aliphatic heterocycles. The van der Waals surface area contributed by atoms with Gasteiger partial charge in [0.05, 0.1) is 22.7 Å². The highest BCUT2D eigenvalue weighted by atomic mass is 35.5. The van der Waals surface area contributed by atoms with E-state index in [0.717, 1.165) is 17.0 Å². The molecule has 1 saturated heterocycles. The Balaban J connectivity index is 1.75. The minimum Gasteiger partial charge on any atom is -0.439 e. The van der Waals surface area contributed by atoms with E-state index in [4.69, 9.17) is 21.1 Å². The van der Waals surface area contributed by atoms with Crippen molar-refractivity contribution in [2.75, 3.05) is 7.11 Å². The van der Waals surface area contributed by atoms with Crippen molar-refractivity contribution >= 4 is 17.7 Å². The standard InChI is InChI=1S/C28H21ClF9NO3/c1-14-23(16-9-19(27(33,34)35)12-20(10-16)28(36,37)38)42-25(40)39(14)13-17-11-18(26(30,31)32)5-8-22(17)24(41-2)15-3-6-21(29)7-4-15/h3-12,14,23-24H,13H2,1-2H3/t14-,23-,24?/m0/s1. The predicted octanol–water partition coefficient (Wildman–Crippen LogP) is 9.21. The number of rotatable bonds is 6. The van der Waals surface area contributed by atoms with Crippen LogP contribution in [0, 0.1) is 0 Å². The third kappa shape index (κ3) is 6.62. The molecule has 0 saturated carbocycles. The lowest BCUT2D eigenvalue weighted by molar-refractivity contribution is -0.143. The molecule has 1 fully saturated rings. The Hall–Kier alpha value is -3.45. The molecule has 4 nitrogen and oxygen atoms in total. The van der Waals surface area contributed by atoms with E-state index in [9.17, 15) is 44.3 Å². The molecule has 1 amide bonds. The Kier molecular flexibility index (Phi) is 8.49. The van der Waals surface area contributed by atoms with Crippen molar-refractivity contribution in [3.63, 3.8) is 0 Å². The van der Waals surface area contributed by atoms with E-state index in [1.165, 1.54) is 20.1 Å². The maximum Gasteiger partial charge on any atom is 0.416 e. The quantitative estimate of drug-likeness (QED) is 0.256. The van der Waals surface area contributed by atoms with Crippen LogP contribution in [0.5, 0.6) is 0 Å². The second-order valence-corrected chi connectivity index (χ2v) is 10.0. The summed E-state index contributed by atoms with van der Waals surface area (Å²) in [5.41, 5.74) is -4.09. The van der Waals surface area contributed by atoms with Gasteiger partial charge in [0.2, 0.25) is 0 Å². The van der Waals surface area contributed by atoms with Crippen molar-refractivity contribution in [2.45, 2.75) is 50.2 Å². The van der Waals surface area contributed by atoms with Crippen LogP contribution in [0.25, 0.3) is 0 Å². The zero-order valence-corrected chi connectivity index (χ0v) is 22.4. The molecule has 42 heavy (non-hydrogen) atoms. The zero-order valence-electron chi connectivity index (χ0n) is 21.7. The molecule has 14 heteroatoms. The number of amides is 1. The molecular formula is C28H21ClF9NO3. The SMILES string of the molecule is COC(c1ccc(Cl)cc1)c1ccc(C(F)(F)F)cc1CN1C(=O)O[C@H](c2cc(C(F)(F)F)cc(C(F)(F)F)c2)[C@@H]1C. The molecule has 3 atom stereocenters. The molecular weight excluding hydrogens is 605 g/mol. The number of alkyl halides is 9. The van der Waals surface area contributed by atoms with Gasteiger partial charge in [0.25, 0.3) is 0 Å². The lowest BCUT2D eigenvalue weighted by atomic mass is 9.93. The number of methoxy groups -OCH3 is 1. The number of hydrogen-bond donors (Lipinski definition) is 0. The Labute approximate surface area is 238 Å². The van der Waals surface area contributed by atoms with Gasteiger partial charge in [0.15, 0.2) is 0 Å². The summed E-state index contributed by atoms with van der Waals surface area (Å²) in [6.45, 7) is 0.789. The first-order valence-electron chi connectivity index (χ1n) is 12.1. The monoisotopic (exact) mass is 625 g/mol. The lowest BCUT2D eigenvalue weighted by Crippen LogP contribution is -2.32. The third-order valence-electron chi connectivity index (χ3n) is 6.83. The molecule has 0 aromatic heterocycles. The summed E-state index contributed by atoms with van der Waals surface area (Å²) in [4.78, 5) is 13.8. The number of halogens is 10. The molecule has 4 rings (SSSR count).